The first-order valence-electron chi connectivity index (χ1n) is 7.97. The first-order valence-corrected chi connectivity index (χ1v) is 7.97. The maximum atomic E-state index is 12.3. The second-order valence-electron chi connectivity index (χ2n) is 7.09. The Kier molecular flexibility index (Phi) is 3.48. The van der Waals surface area contributed by atoms with Crippen LogP contribution in [0.15, 0.2) is 0 Å². The highest BCUT2D eigenvalue weighted by Crippen LogP contribution is 2.50. The van der Waals surface area contributed by atoms with Crippen LogP contribution in [0.3, 0.4) is 0 Å². The van der Waals surface area contributed by atoms with Crippen molar-refractivity contribution in [2.45, 2.75) is 83.2 Å². The van der Waals surface area contributed by atoms with Crippen LogP contribution in [0.4, 0.5) is 0 Å². The molecule has 1 spiro atoms. The molecule has 2 saturated carbocycles. The van der Waals surface area contributed by atoms with Crippen LogP contribution < -0.4 is 5.32 Å². The summed E-state index contributed by atoms with van der Waals surface area (Å²) in [6.45, 7) is 2.27. The Morgan fingerprint density at radius 2 is 1.89 bits per heavy atom. The van der Waals surface area contributed by atoms with Gasteiger partial charge in [0.25, 0.3) is 0 Å². The molecule has 102 valence electrons. The van der Waals surface area contributed by atoms with Gasteiger partial charge in [-0.1, -0.05) is 19.3 Å². The van der Waals surface area contributed by atoms with E-state index in [0.717, 1.165) is 6.42 Å². The largest absolute Gasteiger partial charge is 0.311 e. The van der Waals surface area contributed by atoms with Gasteiger partial charge in [0.15, 0.2) is 0 Å². The number of carbonyl (C=O) groups is 1. The SMILES string of the molecule is CC1CCCC(C2CC3(CCCC3)CCC2=O)N1. The van der Waals surface area contributed by atoms with E-state index < -0.39 is 0 Å². The summed E-state index contributed by atoms with van der Waals surface area (Å²) in [5, 5.41) is 3.70. The first kappa shape index (κ1) is 12.7. The third kappa shape index (κ3) is 2.36. The molecule has 0 amide bonds. The lowest BCUT2D eigenvalue weighted by atomic mass is 9.65. The molecule has 1 aliphatic heterocycles. The van der Waals surface area contributed by atoms with Crippen LogP contribution in [0.2, 0.25) is 0 Å². The zero-order valence-corrected chi connectivity index (χ0v) is 11.7. The molecule has 0 radical (unpaired) electrons. The predicted molar refractivity (Wildman–Crippen MR) is 73.5 cm³/mol. The molecular weight excluding hydrogens is 222 g/mol. The second-order valence-corrected chi connectivity index (χ2v) is 7.09. The summed E-state index contributed by atoms with van der Waals surface area (Å²) < 4.78 is 0. The molecule has 1 heterocycles. The van der Waals surface area contributed by atoms with Crippen molar-refractivity contribution < 1.29 is 4.79 Å². The molecule has 18 heavy (non-hydrogen) atoms. The maximum Gasteiger partial charge on any atom is 0.137 e. The molecule has 1 saturated heterocycles. The second kappa shape index (κ2) is 4.96. The summed E-state index contributed by atoms with van der Waals surface area (Å²) in [5.41, 5.74) is 0.556. The summed E-state index contributed by atoms with van der Waals surface area (Å²) in [5.74, 6) is 0.888. The molecule has 0 bridgehead atoms. The number of rotatable bonds is 1. The summed E-state index contributed by atoms with van der Waals surface area (Å²) in [7, 11) is 0. The van der Waals surface area contributed by atoms with E-state index in [0.29, 0.717) is 29.2 Å². The van der Waals surface area contributed by atoms with Gasteiger partial charge in [-0.2, -0.15) is 0 Å². The van der Waals surface area contributed by atoms with Gasteiger partial charge in [-0.05, 0) is 50.9 Å². The zero-order valence-electron chi connectivity index (χ0n) is 11.7. The van der Waals surface area contributed by atoms with E-state index in [-0.39, 0.29) is 0 Å². The molecule has 2 aliphatic carbocycles. The molecule has 3 rings (SSSR count). The fourth-order valence-electron chi connectivity index (χ4n) is 4.70. The molecule has 0 aromatic rings. The van der Waals surface area contributed by atoms with E-state index in [9.17, 15) is 4.79 Å². The summed E-state index contributed by atoms with van der Waals surface area (Å²) in [4.78, 5) is 12.3. The average Bonchev–Trinajstić information content (AvgIpc) is 2.81. The Bertz CT molecular complexity index is 319. The van der Waals surface area contributed by atoms with E-state index in [1.807, 2.05) is 0 Å². The zero-order chi connectivity index (χ0) is 12.6. The van der Waals surface area contributed by atoms with Crippen molar-refractivity contribution in [3.05, 3.63) is 0 Å². The van der Waals surface area contributed by atoms with Gasteiger partial charge in [-0.25, -0.2) is 0 Å². The highest BCUT2D eigenvalue weighted by atomic mass is 16.1. The van der Waals surface area contributed by atoms with Crippen molar-refractivity contribution in [2.24, 2.45) is 11.3 Å². The normalized spacial score (nSPS) is 40.3. The molecule has 3 atom stereocenters. The Morgan fingerprint density at radius 1 is 1.11 bits per heavy atom. The molecule has 0 aromatic carbocycles. The minimum Gasteiger partial charge on any atom is -0.311 e. The van der Waals surface area contributed by atoms with Crippen molar-refractivity contribution in [1.29, 1.82) is 0 Å². The fourth-order valence-corrected chi connectivity index (χ4v) is 4.70. The predicted octanol–water partition coefficient (Wildman–Crippen LogP) is 3.45. The van der Waals surface area contributed by atoms with Crippen molar-refractivity contribution in [3.8, 4) is 0 Å². The van der Waals surface area contributed by atoms with Crippen LogP contribution in [-0.4, -0.2) is 17.9 Å². The fraction of sp³-hybridized carbons (Fsp3) is 0.938. The summed E-state index contributed by atoms with van der Waals surface area (Å²) in [6.07, 6.45) is 12.6. The molecular formula is C16H27NO. The minimum absolute atomic E-state index is 0.333. The molecule has 3 unspecified atom stereocenters. The van der Waals surface area contributed by atoms with Crippen molar-refractivity contribution in [1.82, 2.24) is 5.32 Å². The van der Waals surface area contributed by atoms with Crippen LogP contribution in [0, 0.1) is 11.3 Å². The van der Waals surface area contributed by atoms with Gasteiger partial charge in [0.2, 0.25) is 0 Å². The number of carbonyl (C=O) groups excluding carboxylic acids is 1. The van der Waals surface area contributed by atoms with Gasteiger partial charge in [-0.15, -0.1) is 0 Å². The number of ketones is 1. The molecule has 2 nitrogen and oxygen atoms in total. The lowest BCUT2D eigenvalue weighted by Gasteiger charge is -2.42. The molecule has 1 N–H and O–H groups in total. The number of Topliss-reactive ketones (excluding diaryl/α,β-unsaturated/α-hetero) is 1. The first-order chi connectivity index (χ1) is 8.69. The Morgan fingerprint density at radius 3 is 2.61 bits per heavy atom. The summed E-state index contributed by atoms with van der Waals surface area (Å²) >= 11 is 0. The topological polar surface area (TPSA) is 29.1 Å². The standard InChI is InChI=1S/C16H27NO/c1-12-5-4-6-14(17-12)13-11-16(8-2-3-9-16)10-7-15(13)18/h12-14,17H,2-11H2,1H3. The monoisotopic (exact) mass is 249 g/mol. The van der Waals surface area contributed by atoms with Gasteiger partial charge < -0.3 is 5.32 Å². The highest BCUT2D eigenvalue weighted by molar-refractivity contribution is 5.82. The van der Waals surface area contributed by atoms with E-state index in [1.165, 1.54) is 57.8 Å². The Labute approximate surface area is 111 Å². The van der Waals surface area contributed by atoms with Gasteiger partial charge in [0.1, 0.15) is 5.78 Å². The van der Waals surface area contributed by atoms with E-state index in [4.69, 9.17) is 0 Å². The number of piperidine rings is 1. The van der Waals surface area contributed by atoms with Crippen molar-refractivity contribution >= 4 is 5.78 Å². The van der Waals surface area contributed by atoms with Crippen LogP contribution in [0.25, 0.3) is 0 Å². The smallest absolute Gasteiger partial charge is 0.137 e. The van der Waals surface area contributed by atoms with E-state index in [1.54, 1.807) is 0 Å². The van der Waals surface area contributed by atoms with E-state index in [2.05, 4.69) is 12.2 Å². The summed E-state index contributed by atoms with van der Waals surface area (Å²) in [6, 6.07) is 1.09. The number of hydrogen-bond donors (Lipinski definition) is 1. The minimum atomic E-state index is 0.333. The average molecular weight is 249 g/mol. The Balaban J connectivity index is 1.70. The van der Waals surface area contributed by atoms with Gasteiger partial charge in [0.05, 0.1) is 0 Å². The van der Waals surface area contributed by atoms with Gasteiger partial charge in [-0.3, -0.25) is 4.79 Å². The lowest BCUT2D eigenvalue weighted by Crippen LogP contribution is -2.50. The van der Waals surface area contributed by atoms with Crippen LogP contribution in [0.1, 0.15) is 71.1 Å². The third-order valence-electron chi connectivity index (χ3n) is 5.77. The van der Waals surface area contributed by atoms with Gasteiger partial charge in [0, 0.05) is 24.4 Å². The highest BCUT2D eigenvalue weighted by Gasteiger charge is 2.44. The quantitative estimate of drug-likeness (QED) is 0.771. The van der Waals surface area contributed by atoms with E-state index >= 15 is 0 Å². The third-order valence-corrected chi connectivity index (χ3v) is 5.77. The molecule has 2 heteroatoms. The number of nitrogens with one attached hydrogen (secondary N) is 1. The van der Waals surface area contributed by atoms with Crippen LogP contribution in [0.5, 0.6) is 0 Å². The molecule has 3 aliphatic rings. The van der Waals surface area contributed by atoms with Crippen LogP contribution in [-0.2, 0) is 4.79 Å². The Hall–Kier alpha value is -0.370. The molecule has 3 fully saturated rings. The maximum absolute atomic E-state index is 12.3. The lowest BCUT2D eigenvalue weighted by molar-refractivity contribution is -0.129. The number of hydrogen-bond acceptors (Lipinski definition) is 2. The molecule has 0 aromatic heterocycles. The van der Waals surface area contributed by atoms with Crippen LogP contribution >= 0.6 is 0 Å². The van der Waals surface area contributed by atoms with Crippen molar-refractivity contribution in [3.63, 3.8) is 0 Å². The van der Waals surface area contributed by atoms with Crippen molar-refractivity contribution in [2.75, 3.05) is 0 Å². The van der Waals surface area contributed by atoms with Gasteiger partial charge >= 0.3 is 0 Å².